The normalized spacial score (nSPS) is 10.4. The number of nitrogens with zero attached hydrogens (tertiary/aromatic N) is 1. The van der Waals surface area contributed by atoms with E-state index in [1.54, 1.807) is 11.3 Å². The molecule has 0 aliphatic heterocycles. The molecule has 24 heavy (non-hydrogen) atoms. The predicted molar refractivity (Wildman–Crippen MR) is 96.1 cm³/mol. The number of carbonyl (C=O) groups is 1. The standard InChI is InChI=1S/C19H18N2O2S/c1-14-6-5-9-17(10-14)23-12-18(22)20-11-16-13-24-19(21-16)15-7-3-2-4-8-15/h2-10,13H,11-12H2,1H3,(H,20,22). The largest absolute Gasteiger partial charge is 0.484 e. The third kappa shape index (κ3) is 4.43. The van der Waals surface area contributed by atoms with Gasteiger partial charge in [0.15, 0.2) is 6.61 Å². The van der Waals surface area contributed by atoms with Crippen molar-refractivity contribution in [3.05, 3.63) is 71.2 Å². The van der Waals surface area contributed by atoms with Crippen molar-refractivity contribution in [1.29, 1.82) is 0 Å². The lowest BCUT2D eigenvalue weighted by atomic mass is 10.2. The van der Waals surface area contributed by atoms with Crippen LogP contribution < -0.4 is 10.1 Å². The quantitative estimate of drug-likeness (QED) is 0.743. The molecular formula is C19H18N2O2S. The lowest BCUT2D eigenvalue weighted by Gasteiger charge is -2.07. The minimum absolute atomic E-state index is 0.000860. The molecule has 0 fully saturated rings. The van der Waals surface area contributed by atoms with E-state index in [1.807, 2.05) is 66.9 Å². The molecule has 0 unspecified atom stereocenters. The van der Waals surface area contributed by atoms with Gasteiger partial charge in [0.05, 0.1) is 12.2 Å². The van der Waals surface area contributed by atoms with Crippen LogP contribution in [0.25, 0.3) is 10.6 Å². The van der Waals surface area contributed by atoms with Crippen LogP contribution in [0.4, 0.5) is 0 Å². The van der Waals surface area contributed by atoms with E-state index in [0.29, 0.717) is 12.3 Å². The van der Waals surface area contributed by atoms with E-state index in [1.165, 1.54) is 0 Å². The monoisotopic (exact) mass is 338 g/mol. The van der Waals surface area contributed by atoms with Gasteiger partial charge in [-0.15, -0.1) is 11.3 Å². The van der Waals surface area contributed by atoms with Crippen LogP contribution in [0, 0.1) is 6.92 Å². The van der Waals surface area contributed by atoms with Gasteiger partial charge in [-0.25, -0.2) is 4.98 Å². The van der Waals surface area contributed by atoms with Crippen LogP contribution in [0.1, 0.15) is 11.3 Å². The molecule has 0 saturated carbocycles. The van der Waals surface area contributed by atoms with Crippen molar-refractivity contribution in [3.63, 3.8) is 0 Å². The maximum Gasteiger partial charge on any atom is 0.258 e. The molecule has 0 atom stereocenters. The summed E-state index contributed by atoms with van der Waals surface area (Å²) in [6, 6.07) is 17.6. The molecule has 0 bridgehead atoms. The van der Waals surface area contributed by atoms with Gasteiger partial charge in [-0.05, 0) is 24.6 Å². The number of nitrogens with one attached hydrogen (secondary N) is 1. The number of carbonyl (C=O) groups excluding carboxylic acids is 1. The zero-order valence-electron chi connectivity index (χ0n) is 13.4. The number of hydrogen-bond donors (Lipinski definition) is 1. The number of rotatable bonds is 6. The van der Waals surface area contributed by atoms with E-state index in [9.17, 15) is 4.79 Å². The number of aromatic nitrogens is 1. The van der Waals surface area contributed by atoms with Crippen molar-refractivity contribution in [3.8, 4) is 16.3 Å². The van der Waals surface area contributed by atoms with Crippen LogP contribution in [0.3, 0.4) is 0 Å². The van der Waals surface area contributed by atoms with Gasteiger partial charge in [0.1, 0.15) is 10.8 Å². The number of thiazole rings is 1. The smallest absolute Gasteiger partial charge is 0.258 e. The van der Waals surface area contributed by atoms with E-state index in [2.05, 4.69) is 10.3 Å². The van der Waals surface area contributed by atoms with Crippen molar-refractivity contribution in [2.45, 2.75) is 13.5 Å². The van der Waals surface area contributed by atoms with Gasteiger partial charge >= 0.3 is 0 Å². The van der Waals surface area contributed by atoms with Gasteiger partial charge in [0.25, 0.3) is 5.91 Å². The Kier molecular flexibility index (Phi) is 5.23. The molecule has 2 aromatic carbocycles. The predicted octanol–water partition coefficient (Wildman–Crippen LogP) is 3.81. The molecule has 3 rings (SSSR count). The van der Waals surface area contributed by atoms with Crippen LogP contribution in [0.2, 0.25) is 0 Å². The van der Waals surface area contributed by atoms with Crippen molar-refractivity contribution >= 4 is 17.2 Å². The number of amides is 1. The molecule has 4 nitrogen and oxygen atoms in total. The lowest BCUT2D eigenvalue weighted by Crippen LogP contribution is -2.28. The van der Waals surface area contributed by atoms with E-state index >= 15 is 0 Å². The number of benzene rings is 2. The van der Waals surface area contributed by atoms with E-state index in [-0.39, 0.29) is 12.5 Å². The van der Waals surface area contributed by atoms with Gasteiger partial charge in [-0.1, -0.05) is 42.5 Å². The fraction of sp³-hybridized carbons (Fsp3) is 0.158. The van der Waals surface area contributed by atoms with Crippen LogP contribution in [-0.2, 0) is 11.3 Å². The molecule has 1 N–H and O–H groups in total. The maximum atomic E-state index is 11.9. The highest BCUT2D eigenvalue weighted by atomic mass is 32.1. The summed E-state index contributed by atoms with van der Waals surface area (Å²) in [6.45, 7) is 2.39. The lowest BCUT2D eigenvalue weighted by molar-refractivity contribution is -0.123. The van der Waals surface area contributed by atoms with E-state index in [0.717, 1.165) is 21.8 Å². The summed E-state index contributed by atoms with van der Waals surface area (Å²) < 4.78 is 5.48. The molecule has 1 aromatic heterocycles. The molecule has 0 radical (unpaired) electrons. The third-order valence-corrected chi connectivity index (χ3v) is 4.34. The minimum Gasteiger partial charge on any atom is -0.484 e. The van der Waals surface area contributed by atoms with Crippen molar-refractivity contribution < 1.29 is 9.53 Å². The number of hydrogen-bond acceptors (Lipinski definition) is 4. The first-order valence-corrected chi connectivity index (χ1v) is 8.55. The van der Waals surface area contributed by atoms with Crippen LogP contribution in [0.5, 0.6) is 5.75 Å². The Morgan fingerprint density at radius 3 is 2.79 bits per heavy atom. The third-order valence-electron chi connectivity index (χ3n) is 3.40. The Morgan fingerprint density at radius 1 is 1.17 bits per heavy atom. The summed E-state index contributed by atoms with van der Waals surface area (Å²) in [6.07, 6.45) is 0. The second kappa shape index (κ2) is 7.75. The van der Waals surface area contributed by atoms with Gasteiger partial charge < -0.3 is 10.1 Å². The fourth-order valence-corrected chi connectivity index (χ4v) is 3.02. The van der Waals surface area contributed by atoms with Crippen LogP contribution in [-0.4, -0.2) is 17.5 Å². The van der Waals surface area contributed by atoms with Gasteiger partial charge in [-0.2, -0.15) is 0 Å². The molecular weight excluding hydrogens is 320 g/mol. The molecule has 3 aromatic rings. The van der Waals surface area contributed by atoms with E-state index < -0.39 is 0 Å². The second-order valence-electron chi connectivity index (χ2n) is 5.39. The average Bonchev–Trinajstić information content (AvgIpc) is 3.08. The SMILES string of the molecule is Cc1cccc(OCC(=O)NCc2csc(-c3ccccc3)n2)c1. The Morgan fingerprint density at radius 2 is 2.00 bits per heavy atom. The maximum absolute atomic E-state index is 11.9. The Hall–Kier alpha value is -2.66. The average molecular weight is 338 g/mol. The molecule has 0 saturated heterocycles. The first-order chi connectivity index (χ1) is 11.7. The van der Waals surface area contributed by atoms with Crippen molar-refractivity contribution in [2.75, 3.05) is 6.61 Å². The summed E-state index contributed by atoms with van der Waals surface area (Å²) in [5.74, 6) is 0.538. The van der Waals surface area contributed by atoms with Gasteiger partial charge in [-0.3, -0.25) is 4.79 Å². The second-order valence-corrected chi connectivity index (χ2v) is 6.25. The summed E-state index contributed by atoms with van der Waals surface area (Å²) in [4.78, 5) is 16.4. The van der Waals surface area contributed by atoms with Crippen molar-refractivity contribution in [2.24, 2.45) is 0 Å². The van der Waals surface area contributed by atoms with Gasteiger partial charge in [0, 0.05) is 10.9 Å². The van der Waals surface area contributed by atoms with E-state index in [4.69, 9.17) is 4.74 Å². The van der Waals surface area contributed by atoms with Crippen LogP contribution >= 0.6 is 11.3 Å². The zero-order valence-corrected chi connectivity index (χ0v) is 14.2. The minimum atomic E-state index is -0.161. The fourth-order valence-electron chi connectivity index (χ4n) is 2.20. The van der Waals surface area contributed by atoms with Crippen molar-refractivity contribution in [1.82, 2.24) is 10.3 Å². The molecule has 122 valence electrons. The molecule has 0 aliphatic rings. The highest BCUT2D eigenvalue weighted by Crippen LogP contribution is 2.23. The topological polar surface area (TPSA) is 51.2 Å². The first kappa shape index (κ1) is 16.2. The Labute approximate surface area is 145 Å². The summed E-state index contributed by atoms with van der Waals surface area (Å²) in [5, 5.41) is 5.75. The number of aryl methyl sites for hydroxylation is 1. The van der Waals surface area contributed by atoms with Gasteiger partial charge in [0.2, 0.25) is 0 Å². The molecule has 1 amide bonds. The molecule has 0 spiro atoms. The molecule has 0 aliphatic carbocycles. The highest BCUT2D eigenvalue weighted by Gasteiger charge is 2.07. The molecule has 1 heterocycles. The Bertz CT molecular complexity index is 815. The summed E-state index contributed by atoms with van der Waals surface area (Å²) in [5.41, 5.74) is 3.04. The first-order valence-electron chi connectivity index (χ1n) is 7.67. The summed E-state index contributed by atoms with van der Waals surface area (Å²) in [7, 11) is 0. The zero-order chi connectivity index (χ0) is 16.8. The number of ether oxygens (including phenoxy) is 1. The highest BCUT2D eigenvalue weighted by molar-refractivity contribution is 7.13. The Balaban J connectivity index is 1.49. The summed E-state index contributed by atoms with van der Waals surface area (Å²) >= 11 is 1.57. The van der Waals surface area contributed by atoms with Crippen LogP contribution in [0.15, 0.2) is 60.0 Å². The molecule has 5 heteroatoms.